The van der Waals surface area contributed by atoms with Crippen molar-refractivity contribution in [2.75, 3.05) is 6.61 Å². The Kier molecular flexibility index (Phi) is 7.49. The van der Waals surface area contributed by atoms with Crippen LogP contribution in [0.2, 0.25) is 10.0 Å². The lowest BCUT2D eigenvalue weighted by atomic mass is 10.1. The standard InChI is InChI=1S/C19H14Cl2INO3S2/c1-2-25-15-6-10(7-16-18(24)23-19(27)28-16)5-14(22)17(15)26-9-11-3-4-12(20)8-13(11)21/h3-8H,2,9H2,1H3,(H,23,24,27)/b16-7-. The lowest BCUT2D eigenvalue weighted by Gasteiger charge is -2.15. The minimum absolute atomic E-state index is 0.194. The van der Waals surface area contributed by atoms with Gasteiger partial charge in [0.1, 0.15) is 10.9 Å². The average Bonchev–Trinajstić information content (AvgIpc) is 2.93. The Morgan fingerprint density at radius 2 is 2.04 bits per heavy atom. The third kappa shape index (κ3) is 5.33. The zero-order valence-electron chi connectivity index (χ0n) is 14.6. The molecule has 146 valence electrons. The van der Waals surface area contributed by atoms with E-state index in [1.54, 1.807) is 18.2 Å². The average molecular weight is 566 g/mol. The van der Waals surface area contributed by atoms with Crippen LogP contribution in [-0.2, 0) is 11.4 Å². The topological polar surface area (TPSA) is 47.6 Å². The zero-order valence-corrected chi connectivity index (χ0v) is 19.9. The second kappa shape index (κ2) is 9.67. The van der Waals surface area contributed by atoms with E-state index < -0.39 is 0 Å². The molecule has 1 amide bonds. The third-order valence-electron chi connectivity index (χ3n) is 3.66. The van der Waals surface area contributed by atoms with Crippen LogP contribution < -0.4 is 14.8 Å². The fourth-order valence-electron chi connectivity index (χ4n) is 2.44. The van der Waals surface area contributed by atoms with Gasteiger partial charge in [0.25, 0.3) is 5.91 Å². The number of ether oxygens (including phenoxy) is 2. The number of rotatable bonds is 6. The molecule has 2 aromatic rings. The minimum Gasteiger partial charge on any atom is -0.490 e. The van der Waals surface area contributed by atoms with Crippen LogP contribution in [0.3, 0.4) is 0 Å². The van der Waals surface area contributed by atoms with Gasteiger partial charge in [0.2, 0.25) is 0 Å². The van der Waals surface area contributed by atoms with Crippen LogP contribution in [0.5, 0.6) is 11.5 Å². The van der Waals surface area contributed by atoms with Crippen LogP contribution in [-0.4, -0.2) is 16.8 Å². The molecule has 3 rings (SSSR count). The van der Waals surface area contributed by atoms with Crippen molar-refractivity contribution in [3.8, 4) is 11.5 Å². The van der Waals surface area contributed by atoms with E-state index in [4.69, 9.17) is 44.9 Å². The first-order valence-corrected chi connectivity index (χ1v) is 11.2. The molecule has 2 aromatic carbocycles. The fourth-order valence-corrected chi connectivity index (χ4v) is 4.72. The second-order valence-corrected chi connectivity index (χ2v) is 9.36. The number of hydrogen-bond donors (Lipinski definition) is 1. The molecule has 4 nitrogen and oxygen atoms in total. The Bertz CT molecular complexity index is 982. The van der Waals surface area contributed by atoms with E-state index in [1.807, 2.05) is 25.1 Å². The van der Waals surface area contributed by atoms with Crippen molar-refractivity contribution in [3.63, 3.8) is 0 Å². The van der Waals surface area contributed by atoms with Crippen LogP contribution in [0.1, 0.15) is 18.1 Å². The molecule has 1 aliphatic rings. The molecule has 1 saturated heterocycles. The van der Waals surface area contributed by atoms with Gasteiger partial charge in [0, 0.05) is 15.6 Å². The Labute approximate surface area is 196 Å². The van der Waals surface area contributed by atoms with Gasteiger partial charge in [-0.3, -0.25) is 4.79 Å². The maximum absolute atomic E-state index is 11.9. The highest BCUT2D eigenvalue weighted by Gasteiger charge is 2.22. The van der Waals surface area contributed by atoms with Crippen molar-refractivity contribution >= 4 is 86.1 Å². The minimum atomic E-state index is -0.194. The van der Waals surface area contributed by atoms with Crippen LogP contribution in [0.4, 0.5) is 0 Å². The van der Waals surface area contributed by atoms with E-state index in [0.29, 0.717) is 37.4 Å². The summed E-state index contributed by atoms with van der Waals surface area (Å²) in [6.07, 6.45) is 1.78. The summed E-state index contributed by atoms with van der Waals surface area (Å²) in [6, 6.07) is 9.04. The Balaban J connectivity index is 1.87. The number of halogens is 3. The van der Waals surface area contributed by atoms with Gasteiger partial charge in [-0.1, -0.05) is 53.2 Å². The van der Waals surface area contributed by atoms with Gasteiger partial charge in [0.15, 0.2) is 11.5 Å². The fraction of sp³-hybridized carbons (Fsp3) is 0.158. The van der Waals surface area contributed by atoms with E-state index in [1.165, 1.54) is 11.8 Å². The molecule has 1 fully saturated rings. The molecule has 0 saturated carbocycles. The second-order valence-electron chi connectivity index (χ2n) is 5.64. The molecule has 0 unspecified atom stereocenters. The van der Waals surface area contributed by atoms with Crippen molar-refractivity contribution in [1.82, 2.24) is 5.32 Å². The number of benzene rings is 2. The first-order chi connectivity index (χ1) is 13.4. The van der Waals surface area contributed by atoms with Crippen LogP contribution in [0.15, 0.2) is 35.2 Å². The molecule has 28 heavy (non-hydrogen) atoms. The largest absolute Gasteiger partial charge is 0.490 e. The number of carbonyl (C=O) groups excluding carboxylic acids is 1. The van der Waals surface area contributed by atoms with E-state index in [2.05, 4.69) is 27.9 Å². The molecular formula is C19H14Cl2INO3S2. The van der Waals surface area contributed by atoms with Crippen LogP contribution in [0.25, 0.3) is 6.08 Å². The molecular weight excluding hydrogens is 552 g/mol. The summed E-state index contributed by atoms with van der Waals surface area (Å²) >= 11 is 20.6. The van der Waals surface area contributed by atoms with Crippen LogP contribution >= 0.6 is 69.8 Å². The molecule has 1 N–H and O–H groups in total. The quantitative estimate of drug-likeness (QED) is 0.262. The molecule has 0 radical (unpaired) electrons. The first kappa shape index (κ1) is 21.7. The highest BCUT2D eigenvalue weighted by atomic mass is 127. The summed E-state index contributed by atoms with van der Waals surface area (Å²) in [4.78, 5) is 12.4. The number of nitrogens with one attached hydrogen (secondary N) is 1. The van der Waals surface area contributed by atoms with Gasteiger partial charge >= 0.3 is 0 Å². The molecule has 0 atom stereocenters. The molecule has 0 spiro atoms. The summed E-state index contributed by atoms with van der Waals surface area (Å²) < 4.78 is 13.1. The van der Waals surface area contributed by atoms with Gasteiger partial charge in [0.05, 0.1) is 15.1 Å². The van der Waals surface area contributed by atoms with Crippen molar-refractivity contribution in [1.29, 1.82) is 0 Å². The maximum Gasteiger partial charge on any atom is 0.263 e. The Hall–Kier alpha value is -1.00. The molecule has 9 heteroatoms. The molecule has 0 aliphatic carbocycles. The lowest BCUT2D eigenvalue weighted by molar-refractivity contribution is -0.115. The Morgan fingerprint density at radius 1 is 1.25 bits per heavy atom. The van der Waals surface area contributed by atoms with E-state index in [9.17, 15) is 4.79 Å². The van der Waals surface area contributed by atoms with E-state index in [-0.39, 0.29) is 12.5 Å². The predicted octanol–water partition coefficient (Wildman–Crippen LogP) is 6.06. The SMILES string of the molecule is CCOc1cc(/C=C2\SC(=S)NC2=O)cc(I)c1OCc1ccc(Cl)cc1Cl. The van der Waals surface area contributed by atoms with Crippen LogP contribution in [0, 0.1) is 3.57 Å². The highest BCUT2D eigenvalue weighted by Crippen LogP contribution is 2.37. The molecule has 0 aromatic heterocycles. The number of carbonyl (C=O) groups is 1. The lowest BCUT2D eigenvalue weighted by Crippen LogP contribution is -2.17. The number of hydrogen-bond acceptors (Lipinski definition) is 5. The number of thioether (sulfide) groups is 1. The van der Waals surface area contributed by atoms with Crippen molar-refractivity contribution in [3.05, 3.63) is 60.0 Å². The maximum atomic E-state index is 11.9. The summed E-state index contributed by atoms with van der Waals surface area (Å²) in [6.45, 7) is 2.66. The van der Waals surface area contributed by atoms with Gasteiger partial charge in [-0.25, -0.2) is 0 Å². The van der Waals surface area contributed by atoms with E-state index in [0.717, 1.165) is 14.7 Å². The zero-order chi connectivity index (χ0) is 20.3. The Morgan fingerprint density at radius 3 is 2.68 bits per heavy atom. The van der Waals surface area contributed by atoms with Gasteiger partial charge < -0.3 is 14.8 Å². The molecule has 1 aliphatic heterocycles. The smallest absolute Gasteiger partial charge is 0.263 e. The predicted molar refractivity (Wildman–Crippen MR) is 127 cm³/mol. The van der Waals surface area contributed by atoms with Gasteiger partial charge in [-0.05, 0) is 65.4 Å². The molecule has 0 bridgehead atoms. The summed E-state index contributed by atoms with van der Waals surface area (Å²) in [7, 11) is 0. The first-order valence-electron chi connectivity index (χ1n) is 8.15. The molecule has 1 heterocycles. The monoisotopic (exact) mass is 565 g/mol. The summed E-state index contributed by atoms with van der Waals surface area (Å²) in [5.74, 6) is 1.02. The van der Waals surface area contributed by atoms with Gasteiger partial charge in [-0.2, -0.15) is 0 Å². The normalized spacial score (nSPS) is 15.1. The third-order valence-corrected chi connectivity index (χ3v) is 6.21. The van der Waals surface area contributed by atoms with Crippen molar-refractivity contribution in [2.45, 2.75) is 13.5 Å². The van der Waals surface area contributed by atoms with Crippen molar-refractivity contribution in [2.24, 2.45) is 0 Å². The van der Waals surface area contributed by atoms with E-state index >= 15 is 0 Å². The van der Waals surface area contributed by atoms with Gasteiger partial charge in [-0.15, -0.1) is 0 Å². The summed E-state index contributed by atoms with van der Waals surface area (Å²) in [5, 5.41) is 3.72. The highest BCUT2D eigenvalue weighted by molar-refractivity contribution is 14.1. The summed E-state index contributed by atoms with van der Waals surface area (Å²) in [5.41, 5.74) is 1.65. The number of amides is 1. The van der Waals surface area contributed by atoms with Crippen molar-refractivity contribution < 1.29 is 14.3 Å². The number of thiocarbonyl (C=S) groups is 1.